The Labute approximate surface area is 162 Å². The van der Waals surface area contributed by atoms with Crippen molar-refractivity contribution in [3.05, 3.63) is 102 Å². The van der Waals surface area contributed by atoms with E-state index in [4.69, 9.17) is 0 Å². The van der Waals surface area contributed by atoms with Gasteiger partial charge in [-0.25, -0.2) is 4.39 Å². The molecule has 3 aromatic carbocycles. The number of hydrogen-bond donors (Lipinski definition) is 1. The second kappa shape index (κ2) is 7.61. The lowest BCUT2D eigenvalue weighted by Gasteiger charge is -2.15. The van der Waals surface area contributed by atoms with Gasteiger partial charge in [-0.1, -0.05) is 42.5 Å². The molecule has 138 valence electrons. The van der Waals surface area contributed by atoms with E-state index < -0.39 is 5.82 Å². The van der Waals surface area contributed by atoms with Crippen molar-refractivity contribution in [3.63, 3.8) is 0 Å². The normalized spacial score (nSPS) is 11.9. The molecule has 28 heavy (non-hydrogen) atoms. The molecule has 0 radical (unpaired) electrons. The summed E-state index contributed by atoms with van der Waals surface area (Å²) in [6.45, 7) is 1.92. The molecule has 0 bridgehead atoms. The highest BCUT2D eigenvalue weighted by Crippen LogP contribution is 2.24. The molecule has 0 aliphatic rings. The molecule has 0 fully saturated rings. The standard InChI is InChI=1S/C24H19FN2O/c1-16(19-7-6-17-4-2-3-5-20(17)14-19)27-24(28)21-8-9-22(23(25)15-21)18-10-12-26-13-11-18/h2-16H,1H3,(H,27,28)/t16-/m0/s1. The molecule has 4 aromatic rings. The largest absolute Gasteiger partial charge is 0.346 e. The van der Waals surface area contributed by atoms with Crippen LogP contribution < -0.4 is 5.32 Å². The van der Waals surface area contributed by atoms with E-state index in [2.05, 4.69) is 22.4 Å². The molecule has 0 aliphatic heterocycles. The maximum atomic E-state index is 14.5. The first-order valence-corrected chi connectivity index (χ1v) is 9.11. The van der Waals surface area contributed by atoms with Crippen molar-refractivity contribution in [2.45, 2.75) is 13.0 Å². The van der Waals surface area contributed by atoms with Crippen LogP contribution in [0.4, 0.5) is 4.39 Å². The van der Waals surface area contributed by atoms with Gasteiger partial charge in [-0.05, 0) is 59.2 Å². The van der Waals surface area contributed by atoms with Crippen molar-refractivity contribution in [3.8, 4) is 11.1 Å². The molecule has 1 atom stereocenters. The fourth-order valence-corrected chi connectivity index (χ4v) is 3.26. The van der Waals surface area contributed by atoms with E-state index in [1.54, 1.807) is 36.7 Å². The molecule has 1 aromatic heterocycles. The van der Waals surface area contributed by atoms with E-state index in [1.807, 2.05) is 37.3 Å². The molecule has 0 aliphatic carbocycles. The van der Waals surface area contributed by atoms with Crippen LogP contribution in [-0.4, -0.2) is 10.9 Å². The second-order valence-electron chi connectivity index (χ2n) is 6.73. The number of hydrogen-bond acceptors (Lipinski definition) is 2. The van der Waals surface area contributed by atoms with Crippen LogP contribution in [-0.2, 0) is 0 Å². The Balaban J connectivity index is 1.53. The highest BCUT2D eigenvalue weighted by molar-refractivity contribution is 5.95. The number of halogens is 1. The quantitative estimate of drug-likeness (QED) is 0.513. The smallest absolute Gasteiger partial charge is 0.251 e. The molecule has 0 saturated carbocycles. The first kappa shape index (κ1) is 17.9. The van der Waals surface area contributed by atoms with Gasteiger partial charge in [-0.2, -0.15) is 0 Å². The zero-order valence-corrected chi connectivity index (χ0v) is 15.4. The topological polar surface area (TPSA) is 42.0 Å². The van der Waals surface area contributed by atoms with Crippen molar-refractivity contribution in [2.75, 3.05) is 0 Å². The SMILES string of the molecule is C[C@H](NC(=O)c1ccc(-c2ccncc2)c(F)c1)c1ccc2ccccc2c1. The number of aromatic nitrogens is 1. The van der Waals surface area contributed by atoms with Crippen LogP contribution >= 0.6 is 0 Å². The van der Waals surface area contributed by atoms with Gasteiger partial charge in [0.05, 0.1) is 6.04 Å². The van der Waals surface area contributed by atoms with Gasteiger partial charge in [0, 0.05) is 23.5 Å². The van der Waals surface area contributed by atoms with Crippen molar-refractivity contribution >= 4 is 16.7 Å². The Hall–Kier alpha value is -3.53. The Morgan fingerprint density at radius 3 is 2.43 bits per heavy atom. The third-order valence-electron chi connectivity index (χ3n) is 4.84. The van der Waals surface area contributed by atoms with Crippen LogP contribution in [0.25, 0.3) is 21.9 Å². The predicted molar refractivity (Wildman–Crippen MR) is 109 cm³/mol. The van der Waals surface area contributed by atoms with E-state index in [9.17, 15) is 9.18 Å². The van der Waals surface area contributed by atoms with Gasteiger partial charge in [0.1, 0.15) is 5.82 Å². The molecule has 1 N–H and O–H groups in total. The number of rotatable bonds is 4. The van der Waals surface area contributed by atoms with Crippen LogP contribution in [0, 0.1) is 5.82 Å². The maximum Gasteiger partial charge on any atom is 0.251 e. The minimum atomic E-state index is -0.433. The first-order chi connectivity index (χ1) is 13.6. The average Bonchev–Trinajstić information content (AvgIpc) is 2.73. The molecule has 4 rings (SSSR count). The van der Waals surface area contributed by atoms with Gasteiger partial charge >= 0.3 is 0 Å². The van der Waals surface area contributed by atoms with Crippen molar-refractivity contribution in [1.82, 2.24) is 10.3 Å². The summed E-state index contributed by atoms with van der Waals surface area (Å²) in [6, 6.07) is 22.0. The second-order valence-corrected chi connectivity index (χ2v) is 6.73. The Bertz CT molecular complexity index is 1140. The lowest BCUT2D eigenvalue weighted by Crippen LogP contribution is -2.26. The first-order valence-electron chi connectivity index (χ1n) is 9.11. The zero-order valence-electron chi connectivity index (χ0n) is 15.4. The molecule has 0 spiro atoms. The minimum Gasteiger partial charge on any atom is -0.346 e. The summed E-state index contributed by atoms with van der Waals surface area (Å²) in [5.74, 6) is -0.738. The summed E-state index contributed by atoms with van der Waals surface area (Å²) in [5.41, 5.74) is 2.47. The molecule has 0 saturated heterocycles. The van der Waals surface area contributed by atoms with E-state index in [0.29, 0.717) is 11.1 Å². The number of carbonyl (C=O) groups excluding carboxylic acids is 1. The number of nitrogens with zero attached hydrogens (tertiary/aromatic N) is 1. The third-order valence-corrected chi connectivity index (χ3v) is 4.84. The number of amides is 1. The van der Waals surface area contributed by atoms with Crippen molar-refractivity contribution < 1.29 is 9.18 Å². The number of nitrogens with one attached hydrogen (secondary N) is 1. The number of carbonyl (C=O) groups is 1. The monoisotopic (exact) mass is 370 g/mol. The number of benzene rings is 3. The Kier molecular flexibility index (Phi) is 4.85. The molecular weight excluding hydrogens is 351 g/mol. The average molecular weight is 370 g/mol. The number of pyridine rings is 1. The van der Waals surface area contributed by atoms with Crippen molar-refractivity contribution in [2.24, 2.45) is 0 Å². The fourth-order valence-electron chi connectivity index (χ4n) is 3.26. The van der Waals surface area contributed by atoms with E-state index in [0.717, 1.165) is 21.9 Å². The van der Waals surface area contributed by atoms with Gasteiger partial charge in [0.15, 0.2) is 0 Å². The zero-order chi connectivity index (χ0) is 19.5. The summed E-state index contributed by atoms with van der Waals surface area (Å²) in [6.07, 6.45) is 3.22. The van der Waals surface area contributed by atoms with Crippen LogP contribution in [0.1, 0.15) is 28.9 Å². The molecule has 1 amide bonds. The van der Waals surface area contributed by atoms with Crippen LogP contribution in [0.2, 0.25) is 0 Å². The van der Waals surface area contributed by atoms with Crippen molar-refractivity contribution in [1.29, 1.82) is 0 Å². The lowest BCUT2D eigenvalue weighted by atomic mass is 10.0. The van der Waals surface area contributed by atoms with Gasteiger partial charge in [-0.3, -0.25) is 9.78 Å². The highest BCUT2D eigenvalue weighted by Gasteiger charge is 2.14. The van der Waals surface area contributed by atoms with Gasteiger partial charge in [0.25, 0.3) is 5.91 Å². The molecule has 3 nitrogen and oxygen atoms in total. The van der Waals surface area contributed by atoms with E-state index in [1.165, 1.54) is 6.07 Å². The lowest BCUT2D eigenvalue weighted by molar-refractivity contribution is 0.0939. The minimum absolute atomic E-state index is 0.194. The Morgan fingerprint density at radius 1 is 0.929 bits per heavy atom. The molecule has 4 heteroatoms. The third kappa shape index (κ3) is 3.62. The molecule has 0 unspecified atom stereocenters. The summed E-state index contributed by atoms with van der Waals surface area (Å²) in [7, 11) is 0. The summed E-state index contributed by atoms with van der Waals surface area (Å²) < 4.78 is 14.5. The number of fused-ring (bicyclic) bond motifs is 1. The maximum absolute atomic E-state index is 14.5. The summed E-state index contributed by atoms with van der Waals surface area (Å²) >= 11 is 0. The van der Waals surface area contributed by atoms with E-state index in [-0.39, 0.29) is 11.9 Å². The summed E-state index contributed by atoms with van der Waals surface area (Å²) in [5, 5.41) is 5.22. The Morgan fingerprint density at radius 2 is 1.68 bits per heavy atom. The highest BCUT2D eigenvalue weighted by atomic mass is 19.1. The molecule has 1 heterocycles. The van der Waals surface area contributed by atoms with Gasteiger partial charge < -0.3 is 5.32 Å². The van der Waals surface area contributed by atoms with Gasteiger partial charge in [-0.15, -0.1) is 0 Å². The van der Waals surface area contributed by atoms with Crippen LogP contribution in [0.5, 0.6) is 0 Å². The fraction of sp³-hybridized carbons (Fsp3) is 0.0833. The van der Waals surface area contributed by atoms with Crippen LogP contribution in [0.15, 0.2) is 85.2 Å². The van der Waals surface area contributed by atoms with Gasteiger partial charge in [0.2, 0.25) is 0 Å². The van der Waals surface area contributed by atoms with Crippen LogP contribution in [0.3, 0.4) is 0 Å². The predicted octanol–water partition coefficient (Wildman–Crippen LogP) is 5.53. The molecular formula is C24H19FN2O. The summed E-state index contributed by atoms with van der Waals surface area (Å²) in [4.78, 5) is 16.5. The van der Waals surface area contributed by atoms with E-state index >= 15 is 0 Å².